The van der Waals surface area contributed by atoms with Crippen molar-refractivity contribution in [1.82, 2.24) is 5.32 Å². The van der Waals surface area contributed by atoms with Crippen LogP contribution >= 0.6 is 0 Å². The van der Waals surface area contributed by atoms with Gasteiger partial charge in [0.15, 0.2) is 12.2 Å². The lowest BCUT2D eigenvalue weighted by Gasteiger charge is -2.44. The summed E-state index contributed by atoms with van der Waals surface area (Å²) in [6.07, 6.45) is -3.71. The first-order valence-corrected chi connectivity index (χ1v) is 11.0. The van der Waals surface area contributed by atoms with Crippen LogP contribution in [0.15, 0.2) is 5.11 Å². The fourth-order valence-electron chi connectivity index (χ4n) is 3.14. The van der Waals surface area contributed by atoms with Gasteiger partial charge in [0.05, 0.1) is 6.61 Å². The van der Waals surface area contributed by atoms with Gasteiger partial charge in [-0.3, -0.25) is 19.2 Å². The van der Waals surface area contributed by atoms with Crippen molar-refractivity contribution in [3.8, 4) is 0 Å². The monoisotopic (exact) mass is 472 g/mol. The molecule has 1 heterocycles. The molecule has 186 valence electrons. The van der Waals surface area contributed by atoms with E-state index in [4.69, 9.17) is 24.5 Å². The minimum Gasteiger partial charge on any atom is -0.456 e. The molecule has 33 heavy (non-hydrogen) atoms. The number of amides is 1. The zero-order chi connectivity index (χ0) is 24.8. The zero-order valence-corrected chi connectivity index (χ0v) is 19.1. The summed E-state index contributed by atoms with van der Waals surface area (Å²) < 4.78 is 22.0. The van der Waals surface area contributed by atoms with Crippen molar-refractivity contribution >= 4 is 23.8 Å². The maximum atomic E-state index is 12.3. The van der Waals surface area contributed by atoms with Crippen molar-refractivity contribution in [3.05, 3.63) is 10.4 Å². The second kappa shape index (κ2) is 15.0. The Morgan fingerprint density at radius 3 is 1.94 bits per heavy atom. The first-order valence-electron chi connectivity index (χ1n) is 11.0. The third-order valence-corrected chi connectivity index (χ3v) is 4.58. The number of azide groups is 1. The fraction of sp³-hybridized carbons (Fsp3) is 0.800. The van der Waals surface area contributed by atoms with E-state index in [1.807, 2.05) is 0 Å². The summed E-state index contributed by atoms with van der Waals surface area (Å²) in [7, 11) is 0. The molecule has 0 radical (unpaired) electrons. The van der Waals surface area contributed by atoms with E-state index < -0.39 is 67.6 Å². The van der Waals surface area contributed by atoms with Crippen molar-refractivity contribution in [2.45, 2.75) is 89.9 Å². The molecular formula is C20H32N4O9. The molecule has 13 heteroatoms. The quantitative estimate of drug-likeness (QED) is 0.131. The molecule has 1 aliphatic heterocycles. The van der Waals surface area contributed by atoms with Crippen molar-refractivity contribution in [2.75, 3.05) is 13.2 Å². The number of hydrogen-bond acceptors (Lipinski definition) is 10. The predicted molar refractivity (Wildman–Crippen MR) is 112 cm³/mol. The van der Waals surface area contributed by atoms with Gasteiger partial charge in [0.1, 0.15) is 18.7 Å². The lowest BCUT2D eigenvalue weighted by molar-refractivity contribution is -0.271. The molecule has 5 atom stereocenters. The van der Waals surface area contributed by atoms with Gasteiger partial charge in [-0.05, 0) is 24.8 Å². The number of carbonyl (C=O) groups is 4. The van der Waals surface area contributed by atoms with Gasteiger partial charge in [-0.25, -0.2) is 0 Å². The van der Waals surface area contributed by atoms with Crippen LogP contribution in [0.3, 0.4) is 0 Å². The number of carbonyl (C=O) groups excluding carboxylic acids is 4. The van der Waals surface area contributed by atoms with Crippen LogP contribution in [-0.4, -0.2) is 72.7 Å². The largest absolute Gasteiger partial charge is 0.456 e. The van der Waals surface area contributed by atoms with Crippen LogP contribution < -0.4 is 5.32 Å². The molecule has 0 saturated carbocycles. The number of ether oxygens (including phenoxy) is 4. The Labute approximate surface area is 191 Å². The molecule has 0 aromatic heterocycles. The summed E-state index contributed by atoms with van der Waals surface area (Å²) in [6.45, 7) is 4.06. The summed E-state index contributed by atoms with van der Waals surface area (Å²) >= 11 is 0. The topological polar surface area (TPSA) is 186 Å². The molecule has 0 aromatic carbocycles. The smallest absolute Gasteiger partial charge is 0.308 e. The van der Waals surface area contributed by atoms with Crippen LogP contribution in [0.1, 0.15) is 59.3 Å². The Hall–Kier alpha value is -2.89. The lowest BCUT2D eigenvalue weighted by Crippen LogP contribution is -2.67. The fourth-order valence-corrected chi connectivity index (χ4v) is 3.14. The predicted octanol–water partition coefficient (Wildman–Crippen LogP) is 1.27. The molecule has 1 rings (SSSR count). The van der Waals surface area contributed by atoms with Crippen LogP contribution in [0.5, 0.6) is 0 Å². The van der Waals surface area contributed by atoms with E-state index in [0.29, 0.717) is 19.3 Å². The number of rotatable bonds is 13. The number of nitrogens with zero attached hydrogens (tertiary/aromatic N) is 3. The SMILES string of the molecule is CCCC(=O)OC1OC(CO)[C@@H](OC(=O)CCC)[C@H](OC(=O)CCC)C1NC(=O)CN=[N+]=[N-]. The van der Waals surface area contributed by atoms with Crippen LogP contribution in [0.25, 0.3) is 10.4 Å². The maximum absolute atomic E-state index is 12.3. The van der Waals surface area contributed by atoms with E-state index in [2.05, 4.69) is 15.3 Å². The Kier molecular flexibility index (Phi) is 12.8. The van der Waals surface area contributed by atoms with E-state index >= 15 is 0 Å². The first kappa shape index (κ1) is 28.1. The number of esters is 3. The average Bonchev–Trinajstić information content (AvgIpc) is 2.76. The van der Waals surface area contributed by atoms with Gasteiger partial charge in [-0.1, -0.05) is 25.9 Å². The molecule has 3 unspecified atom stereocenters. The Bertz CT molecular complexity index is 726. The number of nitrogens with one attached hydrogen (secondary N) is 1. The second-order valence-corrected chi connectivity index (χ2v) is 7.36. The van der Waals surface area contributed by atoms with E-state index in [1.54, 1.807) is 20.8 Å². The summed E-state index contributed by atoms with van der Waals surface area (Å²) in [4.78, 5) is 51.5. The van der Waals surface area contributed by atoms with E-state index in [0.717, 1.165) is 0 Å². The average molecular weight is 472 g/mol. The minimum atomic E-state index is -1.46. The van der Waals surface area contributed by atoms with Gasteiger partial charge in [-0.15, -0.1) is 0 Å². The van der Waals surface area contributed by atoms with Crippen molar-refractivity contribution in [1.29, 1.82) is 0 Å². The molecule has 1 amide bonds. The standard InChI is InChI=1S/C20H32N4O9/c1-4-7-14(27)31-18-12(11-25)30-20(33-16(29)9-6-3)17(23-13(26)10-22-24-21)19(18)32-15(28)8-5-2/h12,17-20,25H,4-11H2,1-3H3,(H,23,26)/t12?,17?,18-,19-,20?/m1/s1. The summed E-state index contributed by atoms with van der Waals surface area (Å²) in [5.74, 6) is -2.68. The van der Waals surface area contributed by atoms with Gasteiger partial charge in [0, 0.05) is 24.2 Å². The van der Waals surface area contributed by atoms with Crippen LogP contribution in [-0.2, 0) is 38.1 Å². The number of aliphatic hydroxyl groups excluding tert-OH is 1. The molecule has 0 aliphatic carbocycles. The van der Waals surface area contributed by atoms with E-state index in [-0.39, 0.29) is 19.3 Å². The van der Waals surface area contributed by atoms with Gasteiger partial charge in [-0.2, -0.15) is 0 Å². The van der Waals surface area contributed by atoms with Crippen molar-refractivity contribution < 1.29 is 43.2 Å². The summed E-state index contributed by atoms with van der Waals surface area (Å²) in [5, 5.41) is 15.5. The Morgan fingerprint density at radius 1 is 0.939 bits per heavy atom. The molecule has 0 spiro atoms. The van der Waals surface area contributed by atoms with Gasteiger partial charge in [0.2, 0.25) is 12.2 Å². The minimum absolute atomic E-state index is 0.0382. The lowest BCUT2D eigenvalue weighted by atomic mass is 9.96. The number of aliphatic hydroxyl groups is 1. The maximum Gasteiger partial charge on any atom is 0.308 e. The van der Waals surface area contributed by atoms with Crippen molar-refractivity contribution in [2.24, 2.45) is 5.11 Å². The third kappa shape index (κ3) is 9.24. The second-order valence-electron chi connectivity index (χ2n) is 7.36. The van der Waals surface area contributed by atoms with Gasteiger partial charge in [0.25, 0.3) is 0 Å². The zero-order valence-electron chi connectivity index (χ0n) is 19.1. The van der Waals surface area contributed by atoms with Crippen molar-refractivity contribution in [3.63, 3.8) is 0 Å². The first-order chi connectivity index (χ1) is 15.8. The highest BCUT2D eigenvalue weighted by atomic mass is 16.7. The highest BCUT2D eigenvalue weighted by Gasteiger charge is 2.52. The van der Waals surface area contributed by atoms with Crippen LogP contribution in [0.2, 0.25) is 0 Å². The third-order valence-electron chi connectivity index (χ3n) is 4.58. The molecule has 1 aliphatic rings. The molecule has 1 fully saturated rings. The van der Waals surface area contributed by atoms with E-state index in [9.17, 15) is 24.3 Å². The highest BCUT2D eigenvalue weighted by molar-refractivity contribution is 5.79. The van der Waals surface area contributed by atoms with Gasteiger partial charge >= 0.3 is 17.9 Å². The summed E-state index contributed by atoms with van der Waals surface area (Å²) in [6, 6.07) is -1.30. The van der Waals surface area contributed by atoms with Crippen LogP contribution in [0, 0.1) is 0 Å². The molecule has 0 aromatic rings. The van der Waals surface area contributed by atoms with E-state index in [1.165, 1.54) is 0 Å². The molecule has 1 saturated heterocycles. The molecule has 13 nitrogen and oxygen atoms in total. The normalized spacial score (nSPS) is 24.2. The Morgan fingerprint density at radius 2 is 1.45 bits per heavy atom. The summed E-state index contributed by atoms with van der Waals surface area (Å²) in [5.41, 5.74) is 8.47. The molecular weight excluding hydrogens is 440 g/mol. The molecule has 0 bridgehead atoms. The Balaban J connectivity index is 3.35. The molecule has 2 N–H and O–H groups in total. The number of hydrogen-bond donors (Lipinski definition) is 2. The highest BCUT2D eigenvalue weighted by Crippen LogP contribution is 2.28. The van der Waals surface area contributed by atoms with Gasteiger partial charge < -0.3 is 29.4 Å². The van der Waals surface area contributed by atoms with Crippen LogP contribution in [0.4, 0.5) is 0 Å².